The van der Waals surface area contributed by atoms with Crippen LogP contribution in [-0.2, 0) is 0 Å². The van der Waals surface area contributed by atoms with Crippen molar-refractivity contribution in [2.45, 2.75) is 56.9 Å². The first-order valence-corrected chi connectivity index (χ1v) is 6.72. The van der Waals surface area contributed by atoms with E-state index in [4.69, 9.17) is 0 Å². The predicted molar refractivity (Wildman–Crippen MR) is 60.3 cm³/mol. The maximum atomic E-state index is 3.74. The Hall–Kier alpha value is 0.310. The number of rotatable bonds is 1. The van der Waals surface area contributed by atoms with Gasteiger partial charge in [0.15, 0.2) is 0 Å². The largest absolute Gasteiger partial charge is 0.310 e. The van der Waals surface area contributed by atoms with Crippen molar-refractivity contribution >= 4 is 11.8 Å². The average molecular weight is 199 g/mol. The van der Waals surface area contributed by atoms with Crippen molar-refractivity contribution in [1.82, 2.24) is 5.32 Å². The molecule has 2 aliphatic rings. The standard InChI is InChI=1S/C11H21NS/c1-3-9-4-5-10-11(6-9)13-7-8(2)12-10/h8-12H,3-7H2,1-2H3. The molecule has 2 rings (SSSR count). The van der Waals surface area contributed by atoms with E-state index in [2.05, 4.69) is 30.9 Å². The monoisotopic (exact) mass is 199 g/mol. The number of hydrogen-bond acceptors (Lipinski definition) is 2. The minimum absolute atomic E-state index is 0.740. The fraction of sp³-hybridized carbons (Fsp3) is 1.00. The fourth-order valence-corrected chi connectivity index (χ4v) is 4.13. The average Bonchev–Trinajstić information content (AvgIpc) is 2.17. The summed E-state index contributed by atoms with van der Waals surface area (Å²) in [5.74, 6) is 2.33. The van der Waals surface area contributed by atoms with Crippen LogP contribution in [0.4, 0.5) is 0 Å². The summed E-state index contributed by atoms with van der Waals surface area (Å²) >= 11 is 2.21. The highest BCUT2D eigenvalue weighted by Crippen LogP contribution is 2.36. The second-order valence-electron chi connectivity index (χ2n) is 4.63. The molecule has 0 radical (unpaired) electrons. The van der Waals surface area contributed by atoms with Gasteiger partial charge >= 0.3 is 0 Å². The number of hydrogen-bond donors (Lipinski definition) is 1. The van der Waals surface area contributed by atoms with Crippen LogP contribution in [0.5, 0.6) is 0 Å². The van der Waals surface area contributed by atoms with Crippen molar-refractivity contribution in [3.8, 4) is 0 Å². The van der Waals surface area contributed by atoms with Crippen LogP contribution in [0.15, 0.2) is 0 Å². The Kier molecular flexibility index (Phi) is 3.20. The molecule has 0 aromatic rings. The lowest BCUT2D eigenvalue weighted by molar-refractivity contribution is 0.278. The van der Waals surface area contributed by atoms with Crippen molar-refractivity contribution in [3.05, 3.63) is 0 Å². The van der Waals surface area contributed by atoms with E-state index in [0.29, 0.717) is 0 Å². The van der Waals surface area contributed by atoms with Crippen LogP contribution in [0.2, 0.25) is 0 Å². The highest BCUT2D eigenvalue weighted by Gasteiger charge is 2.33. The molecule has 2 fully saturated rings. The van der Waals surface area contributed by atoms with E-state index >= 15 is 0 Å². The van der Waals surface area contributed by atoms with E-state index < -0.39 is 0 Å². The molecule has 1 aliphatic heterocycles. The maximum Gasteiger partial charge on any atom is 0.0204 e. The third kappa shape index (κ3) is 2.21. The first kappa shape index (κ1) is 9.85. The van der Waals surface area contributed by atoms with Crippen molar-refractivity contribution in [2.75, 3.05) is 5.75 Å². The summed E-state index contributed by atoms with van der Waals surface area (Å²) in [6.07, 6.45) is 5.73. The Morgan fingerprint density at radius 1 is 1.38 bits per heavy atom. The van der Waals surface area contributed by atoms with Crippen LogP contribution in [0.1, 0.15) is 39.5 Å². The van der Waals surface area contributed by atoms with Gasteiger partial charge in [-0.2, -0.15) is 11.8 Å². The molecule has 0 aromatic carbocycles. The van der Waals surface area contributed by atoms with E-state index in [9.17, 15) is 0 Å². The quantitative estimate of drug-likeness (QED) is 0.697. The predicted octanol–water partition coefficient (Wildman–Crippen LogP) is 2.66. The lowest BCUT2D eigenvalue weighted by atomic mass is 9.84. The van der Waals surface area contributed by atoms with Gasteiger partial charge in [0.2, 0.25) is 0 Å². The van der Waals surface area contributed by atoms with Crippen LogP contribution < -0.4 is 5.32 Å². The van der Waals surface area contributed by atoms with Gasteiger partial charge in [-0.25, -0.2) is 0 Å². The Balaban J connectivity index is 1.90. The Labute approximate surface area is 86.0 Å². The summed E-state index contributed by atoms with van der Waals surface area (Å²) in [4.78, 5) is 0. The van der Waals surface area contributed by atoms with Crippen LogP contribution in [-0.4, -0.2) is 23.1 Å². The second-order valence-corrected chi connectivity index (χ2v) is 5.91. The molecule has 1 aliphatic carbocycles. The molecule has 2 heteroatoms. The summed E-state index contributed by atoms with van der Waals surface area (Å²) in [5, 5.41) is 4.67. The van der Waals surface area contributed by atoms with Crippen molar-refractivity contribution in [3.63, 3.8) is 0 Å². The molecule has 4 unspecified atom stereocenters. The molecule has 1 saturated heterocycles. The molecule has 0 aromatic heterocycles. The van der Waals surface area contributed by atoms with Gasteiger partial charge in [0.05, 0.1) is 0 Å². The molecule has 0 bridgehead atoms. The molecule has 1 saturated carbocycles. The van der Waals surface area contributed by atoms with Crippen molar-refractivity contribution in [2.24, 2.45) is 5.92 Å². The molecular weight excluding hydrogens is 178 g/mol. The zero-order valence-electron chi connectivity index (χ0n) is 8.75. The van der Waals surface area contributed by atoms with Gasteiger partial charge in [0.25, 0.3) is 0 Å². The molecule has 4 atom stereocenters. The summed E-state index contributed by atoms with van der Waals surface area (Å²) in [5.41, 5.74) is 0. The zero-order valence-corrected chi connectivity index (χ0v) is 9.57. The normalized spacial score (nSPS) is 45.7. The molecule has 0 spiro atoms. The molecule has 76 valence electrons. The smallest absolute Gasteiger partial charge is 0.0204 e. The molecule has 1 nitrogen and oxygen atoms in total. The van der Waals surface area contributed by atoms with E-state index in [1.807, 2.05) is 0 Å². The molecule has 13 heavy (non-hydrogen) atoms. The highest BCUT2D eigenvalue weighted by atomic mass is 32.2. The Bertz CT molecular complexity index is 171. The van der Waals surface area contributed by atoms with Gasteiger partial charge in [0, 0.05) is 23.1 Å². The highest BCUT2D eigenvalue weighted by molar-refractivity contribution is 8.00. The minimum Gasteiger partial charge on any atom is -0.310 e. The first-order valence-electron chi connectivity index (χ1n) is 5.67. The number of nitrogens with one attached hydrogen (secondary N) is 1. The lowest BCUT2D eigenvalue weighted by Crippen LogP contribution is -2.51. The Morgan fingerprint density at radius 2 is 2.23 bits per heavy atom. The summed E-state index contributed by atoms with van der Waals surface area (Å²) < 4.78 is 0. The van der Waals surface area contributed by atoms with Crippen LogP contribution in [0.25, 0.3) is 0 Å². The van der Waals surface area contributed by atoms with Gasteiger partial charge in [-0.3, -0.25) is 0 Å². The second kappa shape index (κ2) is 4.22. The maximum absolute atomic E-state index is 3.74. The van der Waals surface area contributed by atoms with E-state index in [-0.39, 0.29) is 0 Å². The van der Waals surface area contributed by atoms with Crippen molar-refractivity contribution < 1.29 is 0 Å². The summed E-state index contributed by atoms with van der Waals surface area (Å²) in [6.45, 7) is 4.66. The lowest BCUT2D eigenvalue weighted by Gasteiger charge is -2.41. The van der Waals surface area contributed by atoms with Gasteiger partial charge < -0.3 is 5.32 Å². The number of thioether (sulfide) groups is 1. The molecular formula is C11H21NS. The van der Waals surface area contributed by atoms with Gasteiger partial charge in [-0.15, -0.1) is 0 Å². The van der Waals surface area contributed by atoms with Crippen molar-refractivity contribution in [1.29, 1.82) is 0 Å². The minimum atomic E-state index is 0.740. The van der Waals surface area contributed by atoms with E-state index in [1.54, 1.807) is 0 Å². The number of fused-ring (bicyclic) bond motifs is 1. The van der Waals surface area contributed by atoms with Crippen LogP contribution in [0, 0.1) is 5.92 Å². The van der Waals surface area contributed by atoms with Crippen LogP contribution >= 0.6 is 11.8 Å². The summed E-state index contributed by atoms with van der Waals surface area (Å²) in [7, 11) is 0. The zero-order chi connectivity index (χ0) is 9.26. The molecule has 1 N–H and O–H groups in total. The van der Waals surface area contributed by atoms with Crippen LogP contribution in [0.3, 0.4) is 0 Å². The fourth-order valence-electron chi connectivity index (χ4n) is 2.64. The molecule has 0 amide bonds. The first-order chi connectivity index (χ1) is 6.29. The SMILES string of the molecule is CCC1CCC2NC(C)CSC2C1. The topological polar surface area (TPSA) is 12.0 Å². The Morgan fingerprint density at radius 3 is 3.00 bits per heavy atom. The van der Waals surface area contributed by atoms with E-state index in [0.717, 1.165) is 23.3 Å². The van der Waals surface area contributed by atoms with Gasteiger partial charge in [0.1, 0.15) is 0 Å². The third-order valence-corrected chi connectivity index (χ3v) is 5.18. The third-order valence-electron chi connectivity index (χ3n) is 3.54. The van der Waals surface area contributed by atoms with Gasteiger partial charge in [-0.1, -0.05) is 13.3 Å². The van der Waals surface area contributed by atoms with Gasteiger partial charge in [-0.05, 0) is 32.1 Å². The van der Waals surface area contributed by atoms with E-state index in [1.165, 1.54) is 31.4 Å². The molecule has 1 heterocycles. The summed E-state index contributed by atoms with van der Waals surface area (Å²) in [6, 6.07) is 1.57.